The molecule has 0 N–H and O–H groups in total. The van der Waals surface area contributed by atoms with Crippen molar-refractivity contribution in [2.75, 3.05) is 26.7 Å². The van der Waals surface area contributed by atoms with Crippen LogP contribution < -0.4 is 0 Å². The lowest BCUT2D eigenvalue weighted by Gasteiger charge is -2.34. The fourth-order valence-corrected chi connectivity index (χ4v) is 1.40. The van der Waals surface area contributed by atoms with Gasteiger partial charge in [0.2, 0.25) is 0 Å². The smallest absolute Gasteiger partial charge is 0.138 e. The average Bonchev–Trinajstić information content (AvgIpc) is 1.94. The molecule has 4 heteroatoms. The van der Waals surface area contributed by atoms with Crippen molar-refractivity contribution in [3.8, 4) is 0 Å². The fraction of sp³-hybridized carbons (Fsp3) is 0.833. The molecule has 0 bridgehead atoms. The SMILES string of the molecule is CN1CCN(P)CC1C=O. The van der Waals surface area contributed by atoms with E-state index in [0.29, 0.717) is 0 Å². The van der Waals surface area contributed by atoms with E-state index in [1.54, 1.807) is 0 Å². The first-order valence-corrected chi connectivity index (χ1v) is 3.91. The van der Waals surface area contributed by atoms with Gasteiger partial charge in [-0.3, -0.25) is 9.57 Å². The molecule has 10 heavy (non-hydrogen) atoms. The summed E-state index contributed by atoms with van der Waals surface area (Å²) in [6.45, 7) is 2.85. The molecule has 0 spiro atoms. The maximum absolute atomic E-state index is 10.4. The first-order valence-electron chi connectivity index (χ1n) is 3.39. The number of piperazine rings is 1. The summed E-state index contributed by atoms with van der Waals surface area (Å²) in [5, 5.41) is 0. The summed E-state index contributed by atoms with van der Waals surface area (Å²) in [6, 6.07) is 0.0891. The molecule has 58 valence electrons. The van der Waals surface area contributed by atoms with Crippen LogP contribution in [0.2, 0.25) is 0 Å². The Morgan fingerprint density at radius 1 is 1.60 bits per heavy atom. The van der Waals surface area contributed by atoms with Gasteiger partial charge in [-0.25, -0.2) is 0 Å². The molecule has 1 aliphatic rings. The molecule has 0 radical (unpaired) electrons. The maximum atomic E-state index is 10.4. The Hall–Kier alpha value is 0.0200. The normalized spacial score (nSPS) is 30.4. The second-order valence-corrected chi connectivity index (χ2v) is 3.41. The first kappa shape index (κ1) is 8.12. The summed E-state index contributed by atoms with van der Waals surface area (Å²) in [5.41, 5.74) is 0. The number of rotatable bonds is 1. The molecule has 1 rings (SSSR count). The van der Waals surface area contributed by atoms with Gasteiger partial charge in [-0.05, 0) is 7.05 Å². The van der Waals surface area contributed by atoms with Gasteiger partial charge in [0.15, 0.2) is 0 Å². The van der Waals surface area contributed by atoms with Gasteiger partial charge in [0.05, 0.1) is 6.04 Å². The van der Waals surface area contributed by atoms with Crippen molar-refractivity contribution in [1.82, 2.24) is 9.57 Å². The maximum Gasteiger partial charge on any atom is 0.138 e. The quantitative estimate of drug-likeness (QED) is 0.385. The summed E-state index contributed by atoms with van der Waals surface area (Å²) in [6.07, 6.45) is 1.01. The first-order chi connectivity index (χ1) is 4.74. The van der Waals surface area contributed by atoms with E-state index < -0.39 is 0 Å². The largest absolute Gasteiger partial charge is 0.302 e. The van der Waals surface area contributed by atoms with Crippen molar-refractivity contribution in [1.29, 1.82) is 0 Å². The molecule has 1 fully saturated rings. The van der Waals surface area contributed by atoms with E-state index >= 15 is 0 Å². The van der Waals surface area contributed by atoms with Crippen molar-refractivity contribution in [2.45, 2.75) is 6.04 Å². The van der Waals surface area contributed by atoms with E-state index in [1.165, 1.54) is 0 Å². The van der Waals surface area contributed by atoms with Gasteiger partial charge in [0.25, 0.3) is 0 Å². The average molecular weight is 160 g/mol. The molecule has 0 aromatic heterocycles. The number of hydrogen-bond donors (Lipinski definition) is 0. The van der Waals surface area contributed by atoms with E-state index in [4.69, 9.17) is 0 Å². The van der Waals surface area contributed by atoms with Crippen LogP contribution in [0.4, 0.5) is 0 Å². The molecule has 1 saturated heterocycles. The minimum Gasteiger partial charge on any atom is -0.302 e. The fourth-order valence-electron chi connectivity index (χ4n) is 1.07. The van der Waals surface area contributed by atoms with Gasteiger partial charge >= 0.3 is 0 Å². The number of carbonyl (C=O) groups excluding carboxylic acids is 1. The van der Waals surface area contributed by atoms with E-state index in [9.17, 15) is 4.79 Å². The number of nitrogens with zero attached hydrogens (tertiary/aromatic N) is 2. The van der Waals surface area contributed by atoms with Gasteiger partial charge in [0, 0.05) is 19.6 Å². The summed E-state index contributed by atoms with van der Waals surface area (Å²) in [7, 11) is 4.61. The standard InChI is InChI=1S/C6H13N2OP/c1-7-2-3-8(10)4-6(7)5-9/h5-6H,2-4,10H2,1H3. The molecule has 0 aromatic carbocycles. The highest BCUT2D eigenvalue weighted by atomic mass is 31.0. The van der Waals surface area contributed by atoms with Crippen LogP contribution in [0.25, 0.3) is 0 Å². The zero-order valence-electron chi connectivity index (χ0n) is 6.16. The molecule has 2 atom stereocenters. The topological polar surface area (TPSA) is 23.6 Å². The van der Waals surface area contributed by atoms with Crippen molar-refractivity contribution in [3.05, 3.63) is 0 Å². The number of aldehydes is 1. The highest BCUT2D eigenvalue weighted by molar-refractivity contribution is 7.13. The predicted octanol–water partition coefficient (Wildman–Crippen LogP) is -0.409. The second-order valence-electron chi connectivity index (χ2n) is 2.68. The number of likely N-dealkylation sites (N-methyl/N-ethyl adjacent to an activating group) is 1. The lowest BCUT2D eigenvalue weighted by molar-refractivity contribution is -0.113. The number of hydrogen-bond acceptors (Lipinski definition) is 3. The molecular formula is C6H13N2OP. The summed E-state index contributed by atoms with van der Waals surface area (Å²) in [5.74, 6) is 0. The molecule has 2 unspecified atom stereocenters. The Balaban J connectivity index is 2.45. The predicted molar refractivity (Wildman–Crippen MR) is 43.8 cm³/mol. The molecule has 1 heterocycles. The van der Waals surface area contributed by atoms with Gasteiger partial charge in [0.1, 0.15) is 6.29 Å². The van der Waals surface area contributed by atoms with Crippen LogP contribution in [0.3, 0.4) is 0 Å². The minimum absolute atomic E-state index is 0.0891. The van der Waals surface area contributed by atoms with Crippen LogP contribution in [0.5, 0.6) is 0 Å². The molecule has 1 aliphatic heterocycles. The van der Waals surface area contributed by atoms with Gasteiger partial charge in [-0.15, -0.1) is 0 Å². The van der Waals surface area contributed by atoms with Crippen LogP contribution in [-0.4, -0.2) is 48.6 Å². The van der Waals surface area contributed by atoms with E-state index in [-0.39, 0.29) is 6.04 Å². The molecular weight excluding hydrogens is 147 g/mol. The van der Waals surface area contributed by atoms with Crippen LogP contribution in [-0.2, 0) is 4.79 Å². The Labute approximate surface area is 63.6 Å². The van der Waals surface area contributed by atoms with Crippen molar-refractivity contribution >= 4 is 15.7 Å². The third kappa shape index (κ3) is 1.75. The summed E-state index contributed by atoms with van der Waals surface area (Å²) in [4.78, 5) is 12.5. The lowest BCUT2D eigenvalue weighted by atomic mass is 10.2. The van der Waals surface area contributed by atoms with Gasteiger partial charge in [-0.2, -0.15) is 0 Å². The molecule has 3 nitrogen and oxygen atoms in total. The highest BCUT2D eigenvalue weighted by Crippen LogP contribution is 2.08. The summed E-state index contributed by atoms with van der Waals surface area (Å²) < 4.78 is 2.10. The van der Waals surface area contributed by atoms with Crippen molar-refractivity contribution in [3.63, 3.8) is 0 Å². The lowest BCUT2D eigenvalue weighted by Crippen LogP contribution is -2.48. The van der Waals surface area contributed by atoms with Crippen LogP contribution in [0.15, 0.2) is 0 Å². The Bertz CT molecular complexity index is 131. The van der Waals surface area contributed by atoms with Gasteiger partial charge in [-0.1, -0.05) is 9.39 Å². The van der Waals surface area contributed by atoms with Crippen LogP contribution in [0.1, 0.15) is 0 Å². The monoisotopic (exact) mass is 160 g/mol. The Morgan fingerprint density at radius 3 is 2.80 bits per heavy atom. The zero-order chi connectivity index (χ0) is 7.56. The molecule has 0 saturated carbocycles. The van der Waals surface area contributed by atoms with E-state index in [1.807, 2.05) is 7.05 Å². The highest BCUT2D eigenvalue weighted by Gasteiger charge is 2.20. The van der Waals surface area contributed by atoms with Crippen molar-refractivity contribution in [2.24, 2.45) is 0 Å². The third-order valence-corrected chi connectivity index (χ3v) is 2.35. The number of carbonyl (C=O) groups is 1. The zero-order valence-corrected chi connectivity index (χ0v) is 7.31. The third-order valence-electron chi connectivity index (χ3n) is 1.88. The minimum atomic E-state index is 0.0891. The molecule has 0 aromatic rings. The Kier molecular flexibility index (Phi) is 2.78. The van der Waals surface area contributed by atoms with Gasteiger partial charge < -0.3 is 4.79 Å². The molecule has 0 aliphatic carbocycles. The summed E-state index contributed by atoms with van der Waals surface area (Å²) >= 11 is 0. The van der Waals surface area contributed by atoms with Crippen LogP contribution in [0, 0.1) is 0 Å². The molecule has 0 amide bonds. The Morgan fingerprint density at radius 2 is 2.30 bits per heavy atom. The van der Waals surface area contributed by atoms with E-state index in [2.05, 4.69) is 19.0 Å². The van der Waals surface area contributed by atoms with Crippen molar-refractivity contribution < 1.29 is 4.79 Å². The van der Waals surface area contributed by atoms with E-state index in [0.717, 1.165) is 25.9 Å². The second kappa shape index (κ2) is 3.42. The van der Waals surface area contributed by atoms with Crippen LogP contribution >= 0.6 is 9.39 Å².